The van der Waals surface area contributed by atoms with Crippen molar-refractivity contribution in [3.63, 3.8) is 0 Å². The summed E-state index contributed by atoms with van der Waals surface area (Å²) in [6, 6.07) is 4.77. The number of hydrogen-bond acceptors (Lipinski definition) is 4. The summed E-state index contributed by atoms with van der Waals surface area (Å²) in [5, 5.41) is 20.3. The van der Waals surface area contributed by atoms with Crippen LogP contribution in [-0.2, 0) is 16.0 Å². The van der Waals surface area contributed by atoms with Gasteiger partial charge in [-0.3, -0.25) is 19.7 Å². The van der Waals surface area contributed by atoms with Crippen molar-refractivity contribution in [2.75, 3.05) is 11.4 Å². The Bertz CT molecular complexity index is 672. The highest BCUT2D eigenvalue weighted by Crippen LogP contribution is 2.38. The highest BCUT2D eigenvalue weighted by atomic mass is 16.6. The molecule has 23 heavy (non-hydrogen) atoms. The Kier molecular flexibility index (Phi) is 4.02. The molecule has 1 fully saturated rings. The maximum atomic E-state index is 12.8. The Hall–Kier alpha value is -2.44. The van der Waals surface area contributed by atoms with Crippen LogP contribution in [0.5, 0.6) is 0 Å². The van der Waals surface area contributed by atoms with E-state index in [9.17, 15) is 19.7 Å². The molecule has 122 valence electrons. The first-order valence-corrected chi connectivity index (χ1v) is 7.79. The standard InChI is InChI=1S/C16H18N2O5/c19-15(10-3-1-4-11(9-10)16(20)21)17-8-7-12-13(17)5-2-6-14(12)18(22)23/h2,5-6,10-11H,1,3-4,7-9H2,(H,20,21). The summed E-state index contributed by atoms with van der Waals surface area (Å²) in [4.78, 5) is 36.2. The Morgan fingerprint density at radius 3 is 2.70 bits per heavy atom. The molecular weight excluding hydrogens is 300 g/mol. The molecule has 7 heteroatoms. The molecular formula is C16H18N2O5. The lowest BCUT2D eigenvalue weighted by molar-refractivity contribution is -0.385. The van der Waals surface area contributed by atoms with E-state index in [0.717, 1.165) is 6.42 Å². The van der Waals surface area contributed by atoms with Crippen molar-refractivity contribution < 1.29 is 19.6 Å². The molecule has 1 N–H and O–H groups in total. The Morgan fingerprint density at radius 1 is 1.26 bits per heavy atom. The van der Waals surface area contributed by atoms with Gasteiger partial charge in [0.2, 0.25) is 5.91 Å². The van der Waals surface area contributed by atoms with E-state index in [1.807, 2.05) is 0 Å². The number of nitro benzene ring substituents is 1. The van der Waals surface area contributed by atoms with Crippen LogP contribution < -0.4 is 4.90 Å². The van der Waals surface area contributed by atoms with Gasteiger partial charge in [0.25, 0.3) is 5.69 Å². The van der Waals surface area contributed by atoms with E-state index in [1.54, 1.807) is 17.0 Å². The molecule has 2 atom stereocenters. The minimum absolute atomic E-state index is 0.0462. The normalized spacial score (nSPS) is 23.4. The van der Waals surface area contributed by atoms with Crippen molar-refractivity contribution in [1.82, 2.24) is 0 Å². The quantitative estimate of drug-likeness (QED) is 0.681. The smallest absolute Gasteiger partial charge is 0.306 e. The van der Waals surface area contributed by atoms with Crippen molar-refractivity contribution in [1.29, 1.82) is 0 Å². The third kappa shape index (κ3) is 2.78. The molecule has 0 spiro atoms. The van der Waals surface area contributed by atoms with Gasteiger partial charge in [0.15, 0.2) is 0 Å². The third-order valence-electron chi connectivity index (χ3n) is 4.84. The molecule has 1 aromatic rings. The molecule has 0 saturated heterocycles. The molecule has 1 saturated carbocycles. The molecule has 1 amide bonds. The molecule has 0 bridgehead atoms. The minimum atomic E-state index is -0.847. The van der Waals surface area contributed by atoms with Gasteiger partial charge in [-0.15, -0.1) is 0 Å². The first-order valence-electron chi connectivity index (χ1n) is 7.79. The second-order valence-corrected chi connectivity index (χ2v) is 6.17. The largest absolute Gasteiger partial charge is 0.481 e. The molecule has 0 radical (unpaired) electrons. The first-order chi connectivity index (χ1) is 11.0. The van der Waals surface area contributed by atoms with Gasteiger partial charge in [0.05, 0.1) is 22.1 Å². The van der Waals surface area contributed by atoms with E-state index < -0.39 is 16.8 Å². The molecule has 2 aliphatic rings. The third-order valence-corrected chi connectivity index (χ3v) is 4.84. The fourth-order valence-electron chi connectivity index (χ4n) is 3.67. The fourth-order valence-corrected chi connectivity index (χ4v) is 3.67. The van der Waals surface area contributed by atoms with Crippen molar-refractivity contribution in [3.8, 4) is 0 Å². The Labute approximate surface area is 133 Å². The second-order valence-electron chi connectivity index (χ2n) is 6.17. The highest BCUT2D eigenvalue weighted by Gasteiger charge is 2.37. The van der Waals surface area contributed by atoms with Crippen LogP contribution in [-0.4, -0.2) is 28.5 Å². The van der Waals surface area contributed by atoms with Gasteiger partial charge in [-0.25, -0.2) is 0 Å². The minimum Gasteiger partial charge on any atom is -0.481 e. The van der Waals surface area contributed by atoms with Gasteiger partial charge in [-0.05, 0) is 31.7 Å². The number of anilines is 1. The molecule has 0 aromatic heterocycles. The summed E-state index contributed by atoms with van der Waals surface area (Å²) < 4.78 is 0. The Balaban J connectivity index is 1.82. The zero-order chi connectivity index (χ0) is 16.6. The number of fused-ring (bicyclic) bond motifs is 1. The van der Waals surface area contributed by atoms with Crippen LogP contribution in [0.15, 0.2) is 18.2 Å². The van der Waals surface area contributed by atoms with Gasteiger partial charge in [0, 0.05) is 18.5 Å². The van der Waals surface area contributed by atoms with Crippen molar-refractivity contribution >= 4 is 23.3 Å². The maximum absolute atomic E-state index is 12.8. The highest BCUT2D eigenvalue weighted by molar-refractivity contribution is 5.98. The summed E-state index contributed by atoms with van der Waals surface area (Å²) in [7, 11) is 0. The number of nitro groups is 1. The van der Waals surface area contributed by atoms with Gasteiger partial charge in [-0.1, -0.05) is 12.5 Å². The van der Waals surface area contributed by atoms with E-state index in [2.05, 4.69) is 0 Å². The van der Waals surface area contributed by atoms with Crippen LogP contribution in [0, 0.1) is 22.0 Å². The number of hydrogen-bond donors (Lipinski definition) is 1. The molecule has 7 nitrogen and oxygen atoms in total. The number of carboxylic acids is 1. The van der Waals surface area contributed by atoms with E-state index in [4.69, 9.17) is 5.11 Å². The van der Waals surface area contributed by atoms with E-state index in [-0.39, 0.29) is 17.5 Å². The van der Waals surface area contributed by atoms with Crippen LogP contribution in [0.3, 0.4) is 0 Å². The predicted octanol–water partition coefficient (Wildman–Crippen LogP) is 2.37. The predicted molar refractivity (Wildman–Crippen MR) is 82.2 cm³/mol. The van der Waals surface area contributed by atoms with E-state index >= 15 is 0 Å². The van der Waals surface area contributed by atoms with Crippen LogP contribution in [0.2, 0.25) is 0 Å². The summed E-state index contributed by atoms with van der Waals surface area (Å²) in [5.74, 6) is -1.73. The SMILES string of the molecule is O=C(O)C1CCCC(C(=O)N2CCc3c2cccc3[N+](=O)[O-])C1. The number of aliphatic carboxylic acids is 1. The number of carbonyl (C=O) groups excluding carboxylic acids is 1. The number of carbonyl (C=O) groups is 2. The molecule has 1 heterocycles. The molecule has 1 aliphatic heterocycles. The molecule has 1 aliphatic carbocycles. The van der Waals surface area contributed by atoms with Gasteiger partial charge >= 0.3 is 5.97 Å². The van der Waals surface area contributed by atoms with Gasteiger partial charge in [-0.2, -0.15) is 0 Å². The van der Waals surface area contributed by atoms with Gasteiger partial charge < -0.3 is 10.0 Å². The van der Waals surface area contributed by atoms with Crippen LogP contribution in [0.1, 0.15) is 31.2 Å². The Morgan fingerprint density at radius 2 is 2.00 bits per heavy atom. The summed E-state index contributed by atoms with van der Waals surface area (Å²) in [6.45, 7) is 0.424. The lowest BCUT2D eigenvalue weighted by atomic mass is 9.80. The molecule has 1 aromatic carbocycles. The van der Waals surface area contributed by atoms with Crippen LogP contribution >= 0.6 is 0 Å². The maximum Gasteiger partial charge on any atom is 0.306 e. The lowest BCUT2D eigenvalue weighted by Crippen LogP contribution is -2.38. The monoisotopic (exact) mass is 318 g/mol. The molecule has 2 unspecified atom stereocenters. The number of nitrogens with zero attached hydrogens (tertiary/aromatic N) is 2. The number of benzene rings is 1. The fraction of sp³-hybridized carbons (Fsp3) is 0.500. The molecule has 3 rings (SSSR count). The summed E-state index contributed by atoms with van der Waals surface area (Å²) in [6.07, 6.45) is 2.84. The number of carboxylic acid groups (broad SMARTS) is 1. The van der Waals surface area contributed by atoms with Gasteiger partial charge in [0.1, 0.15) is 0 Å². The van der Waals surface area contributed by atoms with Crippen molar-refractivity contribution in [3.05, 3.63) is 33.9 Å². The van der Waals surface area contributed by atoms with Crippen molar-refractivity contribution in [2.24, 2.45) is 11.8 Å². The zero-order valence-corrected chi connectivity index (χ0v) is 12.6. The van der Waals surface area contributed by atoms with Crippen LogP contribution in [0.25, 0.3) is 0 Å². The number of rotatable bonds is 3. The topological polar surface area (TPSA) is 101 Å². The van der Waals surface area contributed by atoms with Crippen molar-refractivity contribution in [2.45, 2.75) is 32.1 Å². The first kappa shape index (κ1) is 15.5. The van der Waals surface area contributed by atoms with E-state index in [0.29, 0.717) is 43.5 Å². The average Bonchev–Trinajstić information content (AvgIpc) is 2.98. The zero-order valence-electron chi connectivity index (χ0n) is 12.6. The second kappa shape index (κ2) is 5.98. The van der Waals surface area contributed by atoms with E-state index in [1.165, 1.54) is 6.07 Å². The summed E-state index contributed by atoms with van der Waals surface area (Å²) in [5.41, 5.74) is 1.24. The lowest BCUT2D eigenvalue weighted by Gasteiger charge is -2.29. The van der Waals surface area contributed by atoms with Crippen LogP contribution in [0.4, 0.5) is 11.4 Å². The summed E-state index contributed by atoms with van der Waals surface area (Å²) >= 11 is 0. The average molecular weight is 318 g/mol. The number of amides is 1.